The molecule has 0 aliphatic heterocycles. The number of hydrogen-bond donors (Lipinski definition) is 2. The molecule has 30 heavy (non-hydrogen) atoms. The number of nitrogens with zero attached hydrogens (tertiary/aromatic N) is 1. The standard InChI is InChI=1S/C20H16F5N3O2/c1-9(13-8-26-19(29)16-11(13)4-6-15(22)17(16)23)28(2)20(30)27-10-3-5-14(21)12(7-10)18(24)25/h3-9,18H,1-2H3,(H,26,29)(H,27,30)/t9-/m1/s1. The van der Waals surface area contributed by atoms with Crippen LogP contribution in [0.25, 0.3) is 10.8 Å². The summed E-state index contributed by atoms with van der Waals surface area (Å²) in [5.41, 5.74) is -1.40. The molecule has 1 atom stereocenters. The zero-order valence-electron chi connectivity index (χ0n) is 15.8. The molecule has 0 spiro atoms. The van der Waals surface area contributed by atoms with Crippen molar-refractivity contribution in [1.82, 2.24) is 9.88 Å². The van der Waals surface area contributed by atoms with Gasteiger partial charge in [-0.2, -0.15) is 0 Å². The number of aromatic nitrogens is 1. The monoisotopic (exact) mass is 425 g/mol. The van der Waals surface area contributed by atoms with Gasteiger partial charge in [-0.3, -0.25) is 4.79 Å². The molecule has 3 aromatic rings. The zero-order valence-corrected chi connectivity index (χ0v) is 15.8. The van der Waals surface area contributed by atoms with Gasteiger partial charge in [-0.25, -0.2) is 26.7 Å². The molecule has 2 amide bonds. The van der Waals surface area contributed by atoms with Crippen molar-refractivity contribution in [2.24, 2.45) is 0 Å². The molecular formula is C20H16F5N3O2. The molecule has 5 nitrogen and oxygen atoms in total. The number of benzene rings is 2. The fourth-order valence-corrected chi connectivity index (χ4v) is 3.04. The Morgan fingerprint density at radius 1 is 1.07 bits per heavy atom. The molecule has 1 aromatic heterocycles. The van der Waals surface area contributed by atoms with Crippen molar-refractivity contribution in [3.05, 3.63) is 75.5 Å². The molecule has 0 unspecified atom stereocenters. The number of aromatic amines is 1. The van der Waals surface area contributed by atoms with E-state index < -0.39 is 52.5 Å². The molecule has 158 valence electrons. The molecule has 0 fully saturated rings. The maximum atomic E-state index is 14.1. The highest BCUT2D eigenvalue weighted by Gasteiger charge is 2.23. The van der Waals surface area contributed by atoms with Crippen LogP contribution in [-0.4, -0.2) is 23.0 Å². The first kappa shape index (κ1) is 21.3. The predicted molar refractivity (Wildman–Crippen MR) is 101 cm³/mol. The number of amides is 2. The van der Waals surface area contributed by atoms with Crippen molar-refractivity contribution < 1.29 is 26.7 Å². The summed E-state index contributed by atoms with van der Waals surface area (Å²) in [6.07, 6.45) is -1.77. The predicted octanol–water partition coefficient (Wildman–Crippen LogP) is 5.11. The van der Waals surface area contributed by atoms with Gasteiger partial charge >= 0.3 is 6.03 Å². The lowest BCUT2D eigenvalue weighted by Gasteiger charge is -2.26. The van der Waals surface area contributed by atoms with E-state index in [1.54, 1.807) is 6.92 Å². The Kier molecular flexibility index (Phi) is 5.77. The smallest absolute Gasteiger partial charge is 0.322 e. The highest BCUT2D eigenvalue weighted by atomic mass is 19.3. The number of carbonyl (C=O) groups is 1. The van der Waals surface area contributed by atoms with E-state index in [2.05, 4.69) is 10.3 Å². The van der Waals surface area contributed by atoms with Gasteiger partial charge < -0.3 is 15.2 Å². The summed E-state index contributed by atoms with van der Waals surface area (Å²) in [5, 5.41) is 2.01. The minimum atomic E-state index is -3.05. The highest BCUT2D eigenvalue weighted by molar-refractivity contribution is 5.91. The quantitative estimate of drug-likeness (QED) is 0.571. The third-order valence-electron chi connectivity index (χ3n) is 4.83. The van der Waals surface area contributed by atoms with Gasteiger partial charge in [0.25, 0.3) is 12.0 Å². The minimum absolute atomic E-state index is 0.0461. The van der Waals surface area contributed by atoms with Crippen LogP contribution in [0.3, 0.4) is 0 Å². The molecule has 0 saturated heterocycles. The van der Waals surface area contributed by atoms with E-state index in [1.165, 1.54) is 24.2 Å². The number of rotatable bonds is 4. The van der Waals surface area contributed by atoms with Gasteiger partial charge in [-0.05, 0) is 42.1 Å². The molecule has 2 aromatic carbocycles. The third-order valence-corrected chi connectivity index (χ3v) is 4.83. The summed E-state index contributed by atoms with van der Waals surface area (Å²) in [4.78, 5) is 28.0. The third kappa shape index (κ3) is 3.85. The van der Waals surface area contributed by atoms with Gasteiger partial charge in [-0.15, -0.1) is 0 Å². The average molecular weight is 425 g/mol. The fourth-order valence-electron chi connectivity index (χ4n) is 3.04. The molecule has 0 aliphatic carbocycles. The van der Waals surface area contributed by atoms with Crippen molar-refractivity contribution in [3.8, 4) is 0 Å². The summed E-state index contributed by atoms with van der Waals surface area (Å²) in [5.74, 6) is -3.59. The van der Waals surface area contributed by atoms with Gasteiger partial charge in [0, 0.05) is 18.9 Å². The lowest BCUT2D eigenvalue weighted by Crippen LogP contribution is -2.34. The summed E-state index contributed by atoms with van der Waals surface area (Å²) in [7, 11) is 1.38. The van der Waals surface area contributed by atoms with E-state index in [0.717, 1.165) is 24.3 Å². The highest BCUT2D eigenvalue weighted by Crippen LogP contribution is 2.29. The number of nitrogens with one attached hydrogen (secondary N) is 2. The zero-order chi connectivity index (χ0) is 22.2. The van der Waals surface area contributed by atoms with E-state index in [1.807, 2.05) is 0 Å². The van der Waals surface area contributed by atoms with Crippen LogP contribution >= 0.6 is 0 Å². The summed E-state index contributed by atoms with van der Waals surface area (Å²) in [6, 6.07) is 3.41. The van der Waals surface area contributed by atoms with Crippen molar-refractivity contribution in [2.75, 3.05) is 12.4 Å². The van der Waals surface area contributed by atoms with Crippen LogP contribution in [-0.2, 0) is 0 Å². The van der Waals surface area contributed by atoms with Crippen molar-refractivity contribution in [3.63, 3.8) is 0 Å². The topological polar surface area (TPSA) is 65.2 Å². The van der Waals surface area contributed by atoms with Crippen molar-refractivity contribution >= 4 is 22.5 Å². The average Bonchev–Trinajstić information content (AvgIpc) is 2.70. The van der Waals surface area contributed by atoms with Gasteiger partial charge in [-0.1, -0.05) is 6.07 Å². The summed E-state index contributed by atoms with van der Waals surface area (Å²) >= 11 is 0. The number of pyridine rings is 1. The number of hydrogen-bond acceptors (Lipinski definition) is 2. The normalized spacial score (nSPS) is 12.3. The molecule has 0 saturated carbocycles. The second kappa shape index (κ2) is 8.13. The van der Waals surface area contributed by atoms with Crippen LogP contribution in [0.2, 0.25) is 0 Å². The molecule has 1 heterocycles. The maximum absolute atomic E-state index is 14.1. The molecule has 2 N–H and O–H groups in total. The van der Waals surface area contributed by atoms with E-state index in [-0.39, 0.29) is 11.1 Å². The Balaban J connectivity index is 1.91. The first-order valence-corrected chi connectivity index (χ1v) is 8.72. The van der Waals surface area contributed by atoms with Crippen molar-refractivity contribution in [1.29, 1.82) is 0 Å². The van der Waals surface area contributed by atoms with Crippen LogP contribution in [0, 0.1) is 17.5 Å². The number of carbonyl (C=O) groups excluding carboxylic acids is 1. The first-order chi connectivity index (χ1) is 14.1. The van der Waals surface area contributed by atoms with Crippen LogP contribution < -0.4 is 10.9 Å². The number of fused-ring (bicyclic) bond motifs is 1. The summed E-state index contributed by atoms with van der Waals surface area (Å²) < 4.78 is 66.7. The lowest BCUT2D eigenvalue weighted by molar-refractivity contribution is 0.146. The number of urea groups is 1. The molecular weight excluding hydrogens is 409 g/mol. The van der Waals surface area contributed by atoms with E-state index in [0.29, 0.717) is 5.56 Å². The van der Waals surface area contributed by atoms with Crippen LogP contribution in [0.5, 0.6) is 0 Å². The Morgan fingerprint density at radius 3 is 2.40 bits per heavy atom. The number of anilines is 1. The van der Waals surface area contributed by atoms with Gasteiger partial charge in [0.05, 0.1) is 17.0 Å². The fraction of sp³-hybridized carbons (Fsp3) is 0.200. The van der Waals surface area contributed by atoms with Gasteiger partial charge in [0.2, 0.25) is 0 Å². The Hall–Kier alpha value is -3.43. The molecule has 0 bridgehead atoms. The largest absolute Gasteiger partial charge is 0.328 e. The molecule has 0 aliphatic rings. The second-order valence-electron chi connectivity index (χ2n) is 6.61. The van der Waals surface area contributed by atoms with Gasteiger partial charge in [0.1, 0.15) is 5.82 Å². The van der Waals surface area contributed by atoms with Crippen LogP contribution in [0.4, 0.5) is 32.4 Å². The van der Waals surface area contributed by atoms with Crippen LogP contribution in [0.15, 0.2) is 41.3 Å². The SMILES string of the molecule is C[C@H](c1c[nH]c(=O)c2c(F)c(F)ccc12)N(C)C(=O)Nc1ccc(F)c(C(F)F)c1. The minimum Gasteiger partial charge on any atom is -0.328 e. The lowest BCUT2D eigenvalue weighted by atomic mass is 10.0. The molecule has 0 radical (unpaired) electrons. The van der Waals surface area contributed by atoms with E-state index >= 15 is 0 Å². The Bertz CT molecular complexity index is 1180. The molecule has 3 rings (SSSR count). The number of halogens is 5. The number of H-pyrrole nitrogens is 1. The van der Waals surface area contributed by atoms with E-state index in [9.17, 15) is 31.5 Å². The Labute approximate surface area is 167 Å². The second-order valence-corrected chi connectivity index (χ2v) is 6.61. The maximum Gasteiger partial charge on any atom is 0.322 e. The van der Waals surface area contributed by atoms with Crippen molar-refractivity contribution in [2.45, 2.75) is 19.4 Å². The first-order valence-electron chi connectivity index (χ1n) is 8.72. The van der Waals surface area contributed by atoms with Gasteiger partial charge in [0.15, 0.2) is 11.6 Å². The number of alkyl halides is 2. The molecule has 10 heteroatoms. The Morgan fingerprint density at radius 2 is 1.73 bits per heavy atom. The van der Waals surface area contributed by atoms with Crippen LogP contribution in [0.1, 0.15) is 30.5 Å². The summed E-state index contributed by atoms with van der Waals surface area (Å²) in [6.45, 7) is 1.57. The van der Waals surface area contributed by atoms with E-state index in [4.69, 9.17) is 0 Å².